The number of hydrogen-bond donors (Lipinski definition) is 1. The van der Waals surface area contributed by atoms with E-state index in [1.807, 2.05) is 30.3 Å². The van der Waals surface area contributed by atoms with Crippen molar-refractivity contribution in [1.82, 2.24) is 9.13 Å². The molecule has 1 N–H and O–H groups in total. The summed E-state index contributed by atoms with van der Waals surface area (Å²) in [5.74, 6) is 0.616. The molecule has 1 aromatic carbocycles. The van der Waals surface area contributed by atoms with E-state index in [-0.39, 0.29) is 11.2 Å². The number of nitrogens with zero attached hydrogens (tertiary/aromatic N) is 3. The fraction of sp³-hybridized carbons (Fsp3) is 0.286. The van der Waals surface area contributed by atoms with Gasteiger partial charge in [-0.25, -0.2) is 4.79 Å². The van der Waals surface area contributed by atoms with Crippen molar-refractivity contribution in [3.05, 3.63) is 56.7 Å². The molecule has 0 radical (unpaired) electrons. The van der Waals surface area contributed by atoms with Crippen LogP contribution in [0.15, 0.2) is 39.9 Å². The average Bonchev–Trinajstić information content (AvgIpc) is 2.51. The first kappa shape index (κ1) is 12.5. The van der Waals surface area contributed by atoms with Crippen LogP contribution in [0.3, 0.4) is 0 Å². The number of fused-ring (bicyclic) bond motifs is 1. The highest BCUT2D eigenvalue weighted by molar-refractivity contribution is 5.55. The summed E-state index contributed by atoms with van der Waals surface area (Å²) < 4.78 is 2.63. The zero-order valence-electron chi connectivity index (χ0n) is 11.5. The van der Waals surface area contributed by atoms with Gasteiger partial charge in [0.1, 0.15) is 5.82 Å². The summed E-state index contributed by atoms with van der Waals surface area (Å²) in [6.07, 6.45) is 0. The van der Waals surface area contributed by atoms with Crippen molar-refractivity contribution in [3.8, 4) is 0 Å². The molecule has 6 heteroatoms. The Morgan fingerprint density at radius 1 is 1.05 bits per heavy atom. The molecule has 0 unspecified atom stereocenters. The second kappa shape index (κ2) is 4.56. The van der Waals surface area contributed by atoms with Crippen LogP contribution in [0.2, 0.25) is 0 Å². The van der Waals surface area contributed by atoms with E-state index in [1.165, 1.54) is 11.6 Å². The minimum absolute atomic E-state index is 0.240. The molecule has 1 aliphatic rings. The Morgan fingerprint density at radius 2 is 1.75 bits per heavy atom. The molecule has 6 nitrogen and oxygen atoms in total. The molecule has 0 fully saturated rings. The third-order valence-corrected chi connectivity index (χ3v) is 3.67. The fourth-order valence-corrected chi connectivity index (χ4v) is 2.52. The fourth-order valence-electron chi connectivity index (χ4n) is 2.52. The minimum Gasteiger partial charge on any atom is -0.353 e. The maximum atomic E-state index is 12.2. The number of rotatable bonds is 1. The molecule has 0 spiro atoms. The smallest absolute Gasteiger partial charge is 0.332 e. The molecule has 0 saturated carbocycles. The van der Waals surface area contributed by atoms with Gasteiger partial charge >= 0.3 is 5.69 Å². The van der Waals surface area contributed by atoms with Crippen LogP contribution in [0.4, 0.5) is 11.5 Å². The highest BCUT2D eigenvalue weighted by Gasteiger charge is 2.22. The summed E-state index contributed by atoms with van der Waals surface area (Å²) >= 11 is 0. The van der Waals surface area contributed by atoms with Gasteiger partial charge in [0.25, 0.3) is 5.56 Å². The molecule has 2 aromatic rings. The summed E-state index contributed by atoms with van der Waals surface area (Å²) in [5, 5.41) is 3.16. The molecule has 0 amide bonds. The Hall–Kier alpha value is -2.50. The quantitative estimate of drug-likeness (QED) is 0.820. The van der Waals surface area contributed by atoms with Crippen LogP contribution in [-0.4, -0.2) is 15.8 Å². The zero-order chi connectivity index (χ0) is 14.3. The Morgan fingerprint density at radius 3 is 2.45 bits per heavy atom. The third kappa shape index (κ3) is 1.80. The topological polar surface area (TPSA) is 59.3 Å². The van der Waals surface area contributed by atoms with Crippen LogP contribution in [0, 0.1) is 0 Å². The van der Waals surface area contributed by atoms with Crippen LogP contribution in [-0.2, 0) is 20.6 Å². The van der Waals surface area contributed by atoms with Crippen LogP contribution in [0.25, 0.3) is 0 Å². The highest BCUT2D eigenvalue weighted by atomic mass is 16.2. The van der Waals surface area contributed by atoms with Gasteiger partial charge in [-0.2, -0.15) is 0 Å². The van der Waals surface area contributed by atoms with E-state index in [0.717, 1.165) is 10.3 Å². The van der Waals surface area contributed by atoms with Crippen molar-refractivity contribution >= 4 is 11.5 Å². The van der Waals surface area contributed by atoms with Gasteiger partial charge in [-0.05, 0) is 12.1 Å². The summed E-state index contributed by atoms with van der Waals surface area (Å²) in [7, 11) is 3.18. The first-order valence-corrected chi connectivity index (χ1v) is 6.42. The molecule has 0 bridgehead atoms. The molecule has 1 aromatic heterocycles. The Kier molecular flexibility index (Phi) is 2.85. The first-order chi connectivity index (χ1) is 9.59. The maximum Gasteiger partial charge on any atom is 0.332 e. The van der Waals surface area contributed by atoms with Crippen molar-refractivity contribution in [1.29, 1.82) is 0 Å². The lowest BCUT2D eigenvalue weighted by Gasteiger charge is -2.32. The van der Waals surface area contributed by atoms with Gasteiger partial charge in [0, 0.05) is 19.8 Å². The minimum atomic E-state index is -0.311. The van der Waals surface area contributed by atoms with E-state index in [9.17, 15) is 9.59 Å². The van der Waals surface area contributed by atoms with Gasteiger partial charge in [-0.1, -0.05) is 18.2 Å². The van der Waals surface area contributed by atoms with E-state index in [4.69, 9.17) is 0 Å². The Labute approximate surface area is 115 Å². The average molecular weight is 272 g/mol. The van der Waals surface area contributed by atoms with Crippen molar-refractivity contribution in [2.45, 2.75) is 6.54 Å². The SMILES string of the molecule is Cn1c2c(c(=O)n(C)c1=O)CN(c1ccccc1)CN2. The van der Waals surface area contributed by atoms with Crippen LogP contribution >= 0.6 is 0 Å². The highest BCUT2D eigenvalue weighted by Crippen LogP contribution is 2.22. The number of aromatic nitrogens is 2. The number of benzene rings is 1. The maximum absolute atomic E-state index is 12.2. The monoisotopic (exact) mass is 272 g/mol. The summed E-state index contributed by atoms with van der Waals surface area (Å²) in [4.78, 5) is 26.2. The van der Waals surface area contributed by atoms with Gasteiger partial charge in [-0.15, -0.1) is 0 Å². The van der Waals surface area contributed by atoms with Crippen LogP contribution in [0.1, 0.15) is 5.56 Å². The number of nitrogens with one attached hydrogen (secondary N) is 1. The van der Waals surface area contributed by atoms with Crippen LogP contribution < -0.4 is 21.5 Å². The van der Waals surface area contributed by atoms with E-state index >= 15 is 0 Å². The first-order valence-electron chi connectivity index (χ1n) is 6.42. The van der Waals surface area contributed by atoms with Crippen LogP contribution in [0.5, 0.6) is 0 Å². The predicted molar refractivity (Wildman–Crippen MR) is 78.0 cm³/mol. The van der Waals surface area contributed by atoms with Crippen molar-refractivity contribution in [2.75, 3.05) is 16.9 Å². The molecule has 0 atom stereocenters. The number of para-hydroxylation sites is 1. The van der Waals surface area contributed by atoms with Gasteiger partial charge in [0.15, 0.2) is 0 Å². The summed E-state index contributed by atoms with van der Waals surface area (Å²) in [6.45, 7) is 1.06. The molecule has 104 valence electrons. The van der Waals surface area contributed by atoms with Crippen molar-refractivity contribution in [2.24, 2.45) is 14.1 Å². The van der Waals surface area contributed by atoms with E-state index in [0.29, 0.717) is 24.6 Å². The molecule has 1 aliphatic heterocycles. The molecular weight excluding hydrogens is 256 g/mol. The van der Waals surface area contributed by atoms with Gasteiger partial charge in [0.2, 0.25) is 0 Å². The lowest BCUT2D eigenvalue weighted by atomic mass is 10.2. The van der Waals surface area contributed by atoms with E-state index in [1.54, 1.807) is 7.05 Å². The molecule has 3 rings (SSSR count). The van der Waals surface area contributed by atoms with E-state index in [2.05, 4.69) is 10.2 Å². The second-order valence-corrected chi connectivity index (χ2v) is 4.90. The summed E-state index contributed by atoms with van der Waals surface area (Å²) in [5.41, 5.74) is 1.11. The molecular formula is C14H16N4O2. The zero-order valence-corrected chi connectivity index (χ0v) is 11.5. The molecule has 20 heavy (non-hydrogen) atoms. The van der Waals surface area contributed by atoms with E-state index < -0.39 is 0 Å². The number of hydrogen-bond acceptors (Lipinski definition) is 4. The lowest BCUT2D eigenvalue weighted by Crippen LogP contribution is -2.46. The standard InChI is InChI=1S/C14H16N4O2/c1-16-12-11(13(19)17(2)14(16)20)8-18(9-15-12)10-6-4-3-5-7-10/h3-7,15H,8-9H2,1-2H3. The van der Waals surface area contributed by atoms with Gasteiger partial charge in [0.05, 0.1) is 18.8 Å². The molecule has 2 heterocycles. The summed E-state index contributed by atoms with van der Waals surface area (Å²) in [6, 6.07) is 9.88. The lowest BCUT2D eigenvalue weighted by molar-refractivity contribution is 0.648. The van der Waals surface area contributed by atoms with Gasteiger partial charge < -0.3 is 10.2 Å². The largest absolute Gasteiger partial charge is 0.353 e. The molecule has 0 aliphatic carbocycles. The van der Waals surface area contributed by atoms with Gasteiger partial charge in [-0.3, -0.25) is 13.9 Å². The predicted octanol–water partition coefficient (Wildman–Crippen LogP) is 0.474. The Balaban J connectivity index is 2.09. The second-order valence-electron chi connectivity index (χ2n) is 4.90. The molecule has 0 saturated heterocycles. The third-order valence-electron chi connectivity index (χ3n) is 3.67. The Bertz CT molecular complexity index is 761. The number of anilines is 2. The van der Waals surface area contributed by atoms with Crippen molar-refractivity contribution < 1.29 is 0 Å². The van der Waals surface area contributed by atoms with Crippen molar-refractivity contribution in [3.63, 3.8) is 0 Å². The normalized spacial score (nSPS) is 13.8.